The van der Waals surface area contributed by atoms with Gasteiger partial charge in [-0.25, -0.2) is 0 Å². The highest BCUT2D eigenvalue weighted by Crippen LogP contribution is 2.48. The molecule has 1 fully saturated rings. The van der Waals surface area contributed by atoms with Crippen molar-refractivity contribution in [3.05, 3.63) is 63.6 Å². The van der Waals surface area contributed by atoms with Crippen LogP contribution in [0.25, 0.3) is 0 Å². The smallest absolute Gasteiger partial charge is 0.324 e. The number of hydrogen-bond acceptors (Lipinski definition) is 1. The lowest BCUT2D eigenvalue weighted by atomic mass is 10.1. The number of carbonyl (C=O) groups is 1. The Morgan fingerprint density at radius 2 is 1.75 bits per heavy atom. The number of carbonyl (C=O) groups excluding carboxylic acids is 1. The van der Waals surface area contributed by atoms with Crippen LogP contribution in [0.2, 0.25) is 10.0 Å². The fraction of sp³-hybridized carbons (Fsp3) is 0.235. The summed E-state index contributed by atoms with van der Waals surface area (Å²) in [4.78, 5) is 12.3. The van der Waals surface area contributed by atoms with Crippen LogP contribution in [-0.2, 0) is 11.0 Å². The second kappa shape index (κ2) is 6.30. The summed E-state index contributed by atoms with van der Waals surface area (Å²) >= 11 is 11.9. The van der Waals surface area contributed by atoms with Gasteiger partial charge in [0.1, 0.15) is 0 Å². The fourth-order valence-corrected chi connectivity index (χ4v) is 2.95. The number of alkyl halides is 3. The first-order valence-electron chi connectivity index (χ1n) is 7.19. The van der Waals surface area contributed by atoms with Crippen LogP contribution in [0.4, 0.5) is 18.9 Å². The van der Waals surface area contributed by atoms with Crippen LogP contribution in [0.5, 0.6) is 0 Å². The van der Waals surface area contributed by atoms with E-state index in [4.69, 9.17) is 23.2 Å². The highest BCUT2D eigenvalue weighted by molar-refractivity contribution is 6.44. The Labute approximate surface area is 146 Å². The van der Waals surface area contributed by atoms with Crippen LogP contribution >= 0.6 is 23.2 Å². The summed E-state index contributed by atoms with van der Waals surface area (Å²) in [7, 11) is 0. The van der Waals surface area contributed by atoms with E-state index in [-0.39, 0.29) is 22.8 Å². The second-order valence-electron chi connectivity index (χ2n) is 5.66. The molecule has 2 atom stereocenters. The topological polar surface area (TPSA) is 29.1 Å². The second-order valence-corrected chi connectivity index (χ2v) is 6.44. The molecule has 2 aromatic rings. The molecule has 2 aromatic carbocycles. The molecule has 7 heteroatoms. The first-order valence-corrected chi connectivity index (χ1v) is 7.95. The van der Waals surface area contributed by atoms with Crippen molar-refractivity contribution < 1.29 is 18.0 Å². The number of rotatable bonds is 3. The molecule has 2 unspecified atom stereocenters. The van der Waals surface area contributed by atoms with Gasteiger partial charge in [0, 0.05) is 5.92 Å². The number of hydrogen-bond donors (Lipinski definition) is 1. The highest BCUT2D eigenvalue weighted by atomic mass is 35.5. The van der Waals surface area contributed by atoms with Gasteiger partial charge in [-0.1, -0.05) is 41.4 Å². The maximum absolute atomic E-state index is 12.6. The van der Waals surface area contributed by atoms with E-state index in [9.17, 15) is 18.0 Å². The zero-order valence-corrected chi connectivity index (χ0v) is 13.7. The van der Waals surface area contributed by atoms with Gasteiger partial charge in [0.25, 0.3) is 0 Å². The Kier molecular flexibility index (Phi) is 4.49. The van der Waals surface area contributed by atoms with Crippen molar-refractivity contribution in [1.29, 1.82) is 0 Å². The van der Waals surface area contributed by atoms with Gasteiger partial charge in [-0.3, -0.25) is 4.79 Å². The van der Waals surface area contributed by atoms with E-state index in [1.165, 1.54) is 12.1 Å². The van der Waals surface area contributed by atoms with E-state index in [0.717, 1.165) is 17.7 Å². The van der Waals surface area contributed by atoms with Crippen molar-refractivity contribution in [3.63, 3.8) is 0 Å². The molecule has 0 saturated heterocycles. The molecule has 0 aliphatic heterocycles. The summed E-state index contributed by atoms with van der Waals surface area (Å²) < 4.78 is 37.7. The maximum atomic E-state index is 12.6. The maximum Gasteiger partial charge on any atom is 0.416 e. The molecule has 0 aromatic heterocycles. The number of benzene rings is 2. The average Bonchev–Trinajstić information content (AvgIpc) is 3.32. The molecule has 1 aliphatic carbocycles. The summed E-state index contributed by atoms with van der Waals surface area (Å²) in [6.07, 6.45) is -3.77. The van der Waals surface area contributed by atoms with Crippen LogP contribution in [0.15, 0.2) is 42.5 Å². The van der Waals surface area contributed by atoms with Gasteiger partial charge in [-0.15, -0.1) is 0 Å². The zero-order chi connectivity index (χ0) is 17.5. The minimum atomic E-state index is -4.36. The van der Waals surface area contributed by atoms with Gasteiger partial charge >= 0.3 is 6.18 Å². The van der Waals surface area contributed by atoms with Crippen LogP contribution in [-0.4, -0.2) is 5.91 Å². The molecule has 0 heterocycles. The predicted octanol–water partition coefficient (Wildman–Crippen LogP) is 5.75. The quantitative estimate of drug-likeness (QED) is 0.728. The molecule has 1 aliphatic rings. The minimum absolute atomic E-state index is 0.0785. The average molecular weight is 374 g/mol. The zero-order valence-electron chi connectivity index (χ0n) is 12.2. The Hall–Kier alpha value is -1.72. The summed E-state index contributed by atoms with van der Waals surface area (Å²) in [5, 5.41) is 3.31. The molecule has 1 N–H and O–H groups in total. The Bertz CT molecular complexity index is 774. The summed E-state index contributed by atoms with van der Waals surface area (Å²) in [6.45, 7) is 0. The van der Waals surface area contributed by atoms with Crippen molar-refractivity contribution in [3.8, 4) is 0 Å². The SMILES string of the molecule is O=C(Nc1cccc(Cl)c1Cl)C1CC1c1ccc(C(F)(F)F)cc1. The van der Waals surface area contributed by atoms with E-state index in [2.05, 4.69) is 5.32 Å². The van der Waals surface area contributed by atoms with Crippen molar-refractivity contribution >= 4 is 34.8 Å². The summed E-state index contributed by atoms with van der Waals surface area (Å²) in [6, 6.07) is 9.85. The molecule has 1 saturated carbocycles. The fourth-order valence-electron chi connectivity index (χ4n) is 2.60. The van der Waals surface area contributed by atoms with Gasteiger partial charge in [-0.05, 0) is 42.2 Å². The number of amides is 1. The molecule has 0 bridgehead atoms. The lowest BCUT2D eigenvalue weighted by Gasteiger charge is -2.09. The molecule has 1 amide bonds. The van der Waals surface area contributed by atoms with E-state index < -0.39 is 11.7 Å². The molecule has 24 heavy (non-hydrogen) atoms. The van der Waals surface area contributed by atoms with E-state index in [0.29, 0.717) is 17.1 Å². The Balaban J connectivity index is 1.66. The van der Waals surface area contributed by atoms with Gasteiger partial charge in [-0.2, -0.15) is 13.2 Å². The lowest BCUT2D eigenvalue weighted by molar-refractivity contribution is -0.137. The third-order valence-electron chi connectivity index (χ3n) is 4.00. The summed E-state index contributed by atoms with van der Waals surface area (Å²) in [5.74, 6) is -0.578. The lowest BCUT2D eigenvalue weighted by Crippen LogP contribution is -2.15. The minimum Gasteiger partial charge on any atom is -0.324 e. The standard InChI is InChI=1S/C17H12Cl2F3NO/c18-13-2-1-3-14(15(13)19)23-16(24)12-8-11(12)9-4-6-10(7-5-9)17(20,21)22/h1-7,11-12H,8H2,(H,23,24). The predicted molar refractivity (Wildman–Crippen MR) is 87.4 cm³/mol. The van der Waals surface area contributed by atoms with E-state index >= 15 is 0 Å². The van der Waals surface area contributed by atoms with E-state index in [1.807, 2.05) is 0 Å². The largest absolute Gasteiger partial charge is 0.416 e. The molecule has 0 spiro atoms. The molecule has 2 nitrogen and oxygen atoms in total. The molecule has 3 rings (SSSR count). The number of anilines is 1. The van der Waals surface area contributed by atoms with Crippen LogP contribution in [0.3, 0.4) is 0 Å². The first-order chi connectivity index (χ1) is 11.3. The van der Waals surface area contributed by atoms with Gasteiger partial charge < -0.3 is 5.32 Å². The number of halogens is 5. The van der Waals surface area contributed by atoms with Crippen LogP contribution in [0.1, 0.15) is 23.5 Å². The van der Waals surface area contributed by atoms with Crippen LogP contribution < -0.4 is 5.32 Å². The van der Waals surface area contributed by atoms with Gasteiger partial charge in [0.2, 0.25) is 5.91 Å². The first kappa shape index (κ1) is 17.1. The summed E-state index contributed by atoms with van der Waals surface area (Å²) in [5.41, 5.74) is 0.450. The van der Waals surface area contributed by atoms with Crippen LogP contribution in [0, 0.1) is 5.92 Å². The third-order valence-corrected chi connectivity index (χ3v) is 4.82. The molecular formula is C17H12Cl2F3NO. The monoisotopic (exact) mass is 373 g/mol. The highest BCUT2D eigenvalue weighted by Gasteiger charge is 2.44. The van der Waals surface area contributed by atoms with Crippen molar-refractivity contribution in [2.24, 2.45) is 5.92 Å². The molecule has 0 radical (unpaired) electrons. The third kappa shape index (κ3) is 3.52. The Morgan fingerprint density at radius 1 is 1.08 bits per heavy atom. The molecular weight excluding hydrogens is 362 g/mol. The number of nitrogens with one attached hydrogen (secondary N) is 1. The van der Waals surface area contributed by atoms with Gasteiger partial charge in [0.15, 0.2) is 0 Å². The van der Waals surface area contributed by atoms with Crippen molar-refractivity contribution in [2.45, 2.75) is 18.5 Å². The normalized spacial score (nSPS) is 19.9. The van der Waals surface area contributed by atoms with Crippen molar-refractivity contribution in [1.82, 2.24) is 0 Å². The van der Waals surface area contributed by atoms with E-state index in [1.54, 1.807) is 18.2 Å². The van der Waals surface area contributed by atoms with Crippen molar-refractivity contribution in [2.75, 3.05) is 5.32 Å². The Morgan fingerprint density at radius 3 is 2.38 bits per heavy atom. The molecule has 126 valence electrons. The van der Waals surface area contributed by atoms with Gasteiger partial charge in [0.05, 0.1) is 21.3 Å².